The number of H-pyrrole nitrogens is 1. The maximum Gasteiger partial charge on any atom is 0.262 e. The maximum atomic E-state index is 12.3. The largest absolute Gasteiger partial charge is 0.351 e. The van der Waals surface area contributed by atoms with Crippen molar-refractivity contribution in [3.63, 3.8) is 0 Å². The summed E-state index contributed by atoms with van der Waals surface area (Å²) in [5.41, 5.74) is 0.713. The Labute approximate surface area is 148 Å². The number of benzene rings is 1. The van der Waals surface area contributed by atoms with Crippen molar-refractivity contribution in [3.8, 4) is 5.69 Å². The fraction of sp³-hybridized carbons (Fsp3) is 0.294. The molecule has 0 bridgehead atoms. The zero-order valence-electron chi connectivity index (χ0n) is 14.2. The molecule has 0 atom stereocenters. The van der Waals surface area contributed by atoms with Gasteiger partial charge in [0.15, 0.2) is 10.8 Å². The first kappa shape index (κ1) is 17.2. The monoisotopic (exact) mass is 357 g/mol. The highest BCUT2D eigenvalue weighted by atomic mass is 32.2. The third-order valence-electron chi connectivity index (χ3n) is 3.27. The van der Waals surface area contributed by atoms with Crippen molar-refractivity contribution in [2.45, 2.75) is 31.5 Å². The summed E-state index contributed by atoms with van der Waals surface area (Å²) < 4.78 is 1.61. The Hall–Kier alpha value is -2.61. The minimum Gasteiger partial charge on any atom is -0.351 e. The van der Waals surface area contributed by atoms with Crippen molar-refractivity contribution >= 4 is 28.7 Å². The lowest BCUT2D eigenvalue weighted by Gasteiger charge is -2.20. The second-order valence-corrected chi connectivity index (χ2v) is 7.55. The first-order chi connectivity index (χ1) is 11.8. The third-order valence-corrected chi connectivity index (χ3v) is 4.14. The summed E-state index contributed by atoms with van der Waals surface area (Å²) in [5.74, 6) is 0.0578. The number of thioether (sulfide) groups is 1. The molecular weight excluding hydrogens is 338 g/mol. The molecular formula is C17H19N5O2S. The molecule has 0 unspecified atom stereocenters. The van der Waals surface area contributed by atoms with Crippen LogP contribution in [0.4, 0.5) is 0 Å². The van der Waals surface area contributed by atoms with E-state index in [4.69, 9.17) is 0 Å². The molecule has 1 aromatic carbocycles. The minimum absolute atomic E-state index is 0.114. The quantitative estimate of drug-likeness (QED) is 0.551. The lowest BCUT2D eigenvalue weighted by Crippen LogP contribution is -2.41. The second-order valence-electron chi connectivity index (χ2n) is 6.59. The Kier molecular flexibility index (Phi) is 4.63. The zero-order chi connectivity index (χ0) is 18.0. The number of hydrogen-bond acceptors (Lipinski definition) is 5. The molecule has 0 aliphatic rings. The van der Waals surface area contributed by atoms with E-state index in [0.29, 0.717) is 16.2 Å². The summed E-state index contributed by atoms with van der Waals surface area (Å²) in [6.45, 7) is 5.75. The van der Waals surface area contributed by atoms with Crippen LogP contribution in [0, 0.1) is 0 Å². The SMILES string of the molecule is CC(C)(C)NC(=O)CSc1nc2c(cnn2-c2ccccc2)c(=O)[nH]1. The van der Waals surface area contributed by atoms with Crippen LogP contribution in [0.3, 0.4) is 0 Å². The van der Waals surface area contributed by atoms with Gasteiger partial charge in [-0.05, 0) is 32.9 Å². The normalized spacial score (nSPS) is 11.6. The molecule has 0 saturated carbocycles. The maximum absolute atomic E-state index is 12.3. The molecule has 0 saturated heterocycles. The minimum atomic E-state index is -0.297. The number of amides is 1. The predicted octanol–water partition coefficient (Wildman–Crippen LogP) is 2.12. The number of carbonyl (C=O) groups is 1. The van der Waals surface area contributed by atoms with E-state index in [1.807, 2.05) is 51.1 Å². The molecule has 1 amide bonds. The van der Waals surface area contributed by atoms with Crippen molar-refractivity contribution in [2.75, 3.05) is 5.75 Å². The molecule has 3 rings (SSSR count). The van der Waals surface area contributed by atoms with Gasteiger partial charge in [0, 0.05) is 5.54 Å². The number of aromatic nitrogens is 4. The summed E-state index contributed by atoms with van der Waals surface area (Å²) in [7, 11) is 0. The van der Waals surface area contributed by atoms with Crippen molar-refractivity contribution in [2.24, 2.45) is 0 Å². The van der Waals surface area contributed by atoms with E-state index >= 15 is 0 Å². The fourth-order valence-corrected chi connectivity index (χ4v) is 2.97. The van der Waals surface area contributed by atoms with E-state index in [-0.39, 0.29) is 22.8 Å². The van der Waals surface area contributed by atoms with Crippen molar-refractivity contribution in [1.29, 1.82) is 0 Å². The number of hydrogen-bond donors (Lipinski definition) is 2. The van der Waals surface area contributed by atoms with E-state index in [1.165, 1.54) is 18.0 Å². The van der Waals surface area contributed by atoms with Gasteiger partial charge in [0.2, 0.25) is 5.91 Å². The van der Waals surface area contributed by atoms with Crippen LogP contribution in [0.25, 0.3) is 16.7 Å². The highest BCUT2D eigenvalue weighted by molar-refractivity contribution is 7.99. The van der Waals surface area contributed by atoms with Gasteiger partial charge in [-0.2, -0.15) is 5.10 Å². The van der Waals surface area contributed by atoms with Crippen LogP contribution in [-0.4, -0.2) is 36.9 Å². The van der Waals surface area contributed by atoms with Gasteiger partial charge >= 0.3 is 0 Å². The number of carbonyl (C=O) groups excluding carboxylic acids is 1. The average molecular weight is 357 g/mol. The lowest BCUT2D eigenvalue weighted by atomic mass is 10.1. The number of aromatic amines is 1. The van der Waals surface area contributed by atoms with Crippen LogP contribution >= 0.6 is 11.8 Å². The number of fused-ring (bicyclic) bond motifs is 1. The van der Waals surface area contributed by atoms with Gasteiger partial charge in [0.1, 0.15) is 5.39 Å². The van der Waals surface area contributed by atoms with Crippen molar-refractivity contribution in [1.82, 2.24) is 25.1 Å². The summed E-state index contributed by atoms with van der Waals surface area (Å²) in [4.78, 5) is 31.4. The molecule has 0 radical (unpaired) electrons. The average Bonchev–Trinajstić information content (AvgIpc) is 2.97. The molecule has 2 N–H and O–H groups in total. The Morgan fingerprint density at radius 3 is 2.68 bits per heavy atom. The molecule has 0 spiro atoms. The van der Waals surface area contributed by atoms with Crippen molar-refractivity contribution in [3.05, 3.63) is 46.9 Å². The number of para-hydroxylation sites is 1. The molecule has 0 aliphatic heterocycles. The van der Waals surface area contributed by atoms with Crippen molar-refractivity contribution < 1.29 is 4.79 Å². The predicted molar refractivity (Wildman–Crippen MR) is 98.1 cm³/mol. The van der Waals surface area contributed by atoms with Crippen LogP contribution in [0.2, 0.25) is 0 Å². The summed E-state index contributed by atoms with van der Waals surface area (Å²) >= 11 is 1.19. The van der Waals surface area contributed by atoms with E-state index in [9.17, 15) is 9.59 Å². The third kappa shape index (κ3) is 4.08. The van der Waals surface area contributed by atoms with E-state index in [0.717, 1.165) is 5.69 Å². The van der Waals surface area contributed by atoms with Gasteiger partial charge in [0.25, 0.3) is 5.56 Å². The Bertz CT molecular complexity index is 957. The van der Waals surface area contributed by atoms with E-state index in [1.54, 1.807) is 4.68 Å². The zero-order valence-corrected chi connectivity index (χ0v) is 15.1. The molecule has 2 aromatic heterocycles. The smallest absolute Gasteiger partial charge is 0.262 e. The lowest BCUT2D eigenvalue weighted by molar-refractivity contribution is -0.119. The van der Waals surface area contributed by atoms with Gasteiger partial charge in [-0.3, -0.25) is 9.59 Å². The van der Waals surface area contributed by atoms with Gasteiger partial charge in [0.05, 0.1) is 17.6 Å². The molecule has 3 aromatic rings. The first-order valence-electron chi connectivity index (χ1n) is 7.81. The van der Waals surface area contributed by atoms with E-state index < -0.39 is 0 Å². The molecule has 8 heteroatoms. The van der Waals surface area contributed by atoms with Crippen LogP contribution in [0.5, 0.6) is 0 Å². The second kappa shape index (κ2) is 6.72. The Morgan fingerprint density at radius 1 is 1.28 bits per heavy atom. The fourth-order valence-electron chi connectivity index (χ4n) is 2.31. The summed E-state index contributed by atoms with van der Waals surface area (Å²) in [5, 5.41) is 7.93. The number of nitrogens with one attached hydrogen (secondary N) is 2. The topological polar surface area (TPSA) is 92.7 Å². The van der Waals surface area contributed by atoms with Crippen LogP contribution in [0.15, 0.2) is 46.5 Å². The molecule has 7 nitrogen and oxygen atoms in total. The molecule has 0 fully saturated rings. The highest BCUT2D eigenvalue weighted by Crippen LogP contribution is 2.17. The number of nitrogens with zero attached hydrogens (tertiary/aromatic N) is 3. The molecule has 2 heterocycles. The Morgan fingerprint density at radius 2 is 2.00 bits per heavy atom. The first-order valence-corrected chi connectivity index (χ1v) is 8.79. The molecule has 0 aliphatic carbocycles. The molecule has 25 heavy (non-hydrogen) atoms. The summed E-state index contributed by atoms with van der Waals surface area (Å²) in [6.07, 6.45) is 1.49. The van der Waals surface area contributed by atoms with E-state index in [2.05, 4.69) is 20.4 Å². The molecule has 130 valence electrons. The van der Waals surface area contributed by atoms with Crippen LogP contribution < -0.4 is 10.9 Å². The highest BCUT2D eigenvalue weighted by Gasteiger charge is 2.16. The van der Waals surface area contributed by atoms with Crippen LogP contribution in [-0.2, 0) is 4.79 Å². The van der Waals surface area contributed by atoms with Crippen LogP contribution in [0.1, 0.15) is 20.8 Å². The summed E-state index contributed by atoms with van der Waals surface area (Å²) in [6, 6.07) is 9.47. The van der Waals surface area contributed by atoms with Gasteiger partial charge in [-0.25, -0.2) is 9.67 Å². The van der Waals surface area contributed by atoms with Gasteiger partial charge < -0.3 is 10.3 Å². The number of rotatable bonds is 4. The van der Waals surface area contributed by atoms with Gasteiger partial charge in [-0.1, -0.05) is 30.0 Å². The standard InChI is InChI=1S/C17H19N5O2S/c1-17(2,3)21-13(23)10-25-16-19-14-12(15(24)20-16)9-18-22(14)11-7-5-4-6-8-11/h4-9H,10H2,1-3H3,(H,21,23)(H,19,20,24). The van der Waals surface area contributed by atoms with Gasteiger partial charge in [-0.15, -0.1) is 0 Å². The Balaban J connectivity index is 1.88.